The molecule has 0 aliphatic heterocycles. The van der Waals surface area contributed by atoms with Crippen LogP contribution < -0.4 is 4.72 Å². The van der Waals surface area contributed by atoms with Gasteiger partial charge in [0.25, 0.3) is 10.0 Å². The summed E-state index contributed by atoms with van der Waals surface area (Å²) in [6.45, 7) is 3.66. The molecule has 0 spiro atoms. The molecule has 0 bridgehead atoms. The van der Waals surface area contributed by atoms with Crippen LogP contribution in [0.5, 0.6) is 0 Å². The summed E-state index contributed by atoms with van der Waals surface area (Å²) in [5, 5.41) is 0.581. The van der Waals surface area contributed by atoms with Gasteiger partial charge in [0.15, 0.2) is 10.2 Å². The standard InChI is InChI=1S/C13H13ClN4O2S2/c1-8-7-15-12(21-8)9(2)17-22(19,20)13-11(14)16-10-5-3-4-6-18(10)13/h3-7,9,17H,1-2H3/t9-/m0/s1. The maximum Gasteiger partial charge on any atom is 0.260 e. The normalized spacial score (nSPS) is 13.6. The minimum atomic E-state index is -3.83. The van der Waals surface area contributed by atoms with Gasteiger partial charge in [-0.25, -0.2) is 23.1 Å². The maximum atomic E-state index is 12.6. The third kappa shape index (κ3) is 2.74. The molecule has 0 amide bonds. The van der Waals surface area contributed by atoms with Crippen molar-refractivity contribution in [3.05, 3.63) is 45.6 Å². The molecule has 0 saturated heterocycles. The van der Waals surface area contributed by atoms with Crippen molar-refractivity contribution in [3.63, 3.8) is 0 Å². The number of aryl methyl sites for hydroxylation is 1. The van der Waals surface area contributed by atoms with Crippen LogP contribution in [0.4, 0.5) is 0 Å². The summed E-state index contributed by atoms with van der Waals surface area (Å²) in [4.78, 5) is 9.28. The van der Waals surface area contributed by atoms with Crippen LogP contribution in [0, 0.1) is 6.92 Å². The zero-order chi connectivity index (χ0) is 15.9. The predicted octanol–water partition coefficient (Wildman–Crippen LogP) is 2.79. The molecule has 3 aromatic heterocycles. The summed E-state index contributed by atoms with van der Waals surface area (Å²) in [5.41, 5.74) is 0.477. The van der Waals surface area contributed by atoms with E-state index in [1.165, 1.54) is 15.7 Å². The number of fused-ring (bicyclic) bond motifs is 1. The maximum absolute atomic E-state index is 12.6. The highest BCUT2D eigenvalue weighted by Crippen LogP contribution is 2.25. The molecule has 0 radical (unpaired) electrons. The van der Waals surface area contributed by atoms with Crippen LogP contribution in [-0.4, -0.2) is 22.8 Å². The van der Waals surface area contributed by atoms with Crippen LogP contribution in [0.1, 0.15) is 22.9 Å². The van der Waals surface area contributed by atoms with E-state index in [-0.39, 0.29) is 10.2 Å². The molecule has 0 aliphatic carbocycles. The Morgan fingerprint density at radius 1 is 1.41 bits per heavy atom. The average Bonchev–Trinajstić information content (AvgIpc) is 3.00. The fourth-order valence-corrected chi connectivity index (χ4v) is 4.80. The van der Waals surface area contributed by atoms with E-state index in [2.05, 4.69) is 14.7 Å². The van der Waals surface area contributed by atoms with E-state index >= 15 is 0 Å². The van der Waals surface area contributed by atoms with Crippen LogP contribution in [0.3, 0.4) is 0 Å². The lowest BCUT2D eigenvalue weighted by Crippen LogP contribution is -2.28. The number of nitrogens with zero attached hydrogens (tertiary/aromatic N) is 3. The first-order valence-corrected chi connectivity index (χ1v) is 9.13. The number of sulfonamides is 1. The number of imidazole rings is 1. The minimum Gasteiger partial charge on any atom is -0.288 e. The van der Waals surface area contributed by atoms with Crippen LogP contribution in [0.15, 0.2) is 35.6 Å². The highest BCUT2D eigenvalue weighted by atomic mass is 35.5. The van der Waals surface area contributed by atoms with Crippen LogP contribution in [-0.2, 0) is 10.0 Å². The molecular weight excluding hydrogens is 344 g/mol. The molecule has 0 aromatic carbocycles. The van der Waals surface area contributed by atoms with Gasteiger partial charge in [0.1, 0.15) is 10.7 Å². The molecule has 116 valence electrons. The number of thiazole rings is 1. The number of aromatic nitrogens is 3. The second kappa shape index (κ2) is 5.62. The van der Waals surface area contributed by atoms with E-state index in [9.17, 15) is 8.42 Å². The Kier molecular flexibility index (Phi) is 3.94. The smallest absolute Gasteiger partial charge is 0.260 e. The number of rotatable bonds is 4. The summed E-state index contributed by atoms with van der Waals surface area (Å²) in [6, 6.07) is 4.73. The molecule has 3 rings (SSSR count). The monoisotopic (exact) mass is 356 g/mol. The van der Waals surface area contributed by atoms with Crippen molar-refractivity contribution in [1.82, 2.24) is 19.1 Å². The molecule has 22 heavy (non-hydrogen) atoms. The van der Waals surface area contributed by atoms with Gasteiger partial charge in [0, 0.05) is 17.3 Å². The first-order valence-electron chi connectivity index (χ1n) is 6.46. The summed E-state index contributed by atoms with van der Waals surface area (Å²) >= 11 is 7.47. The average molecular weight is 357 g/mol. The molecule has 0 unspecified atom stereocenters. The van der Waals surface area contributed by atoms with E-state index in [0.717, 1.165) is 4.88 Å². The Morgan fingerprint density at radius 3 is 2.86 bits per heavy atom. The van der Waals surface area contributed by atoms with Crippen molar-refractivity contribution < 1.29 is 8.42 Å². The largest absolute Gasteiger partial charge is 0.288 e. The van der Waals surface area contributed by atoms with Gasteiger partial charge in [0.05, 0.1) is 6.04 Å². The van der Waals surface area contributed by atoms with E-state index in [0.29, 0.717) is 10.7 Å². The van der Waals surface area contributed by atoms with Gasteiger partial charge in [-0.3, -0.25) is 4.40 Å². The molecule has 0 saturated carbocycles. The summed E-state index contributed by atoms with van der Waals surface area (Å²) in [5.74, 6) is 0. The molecule has 0 fully saturated rings. The minimum absolute atomic E-state index is 0.0544. The fourth-order valence-electron chi connectivity index (χ4n) is 2.10. The quantitative estimate of drug-likeness (QED) is 0.779. The van der Waals surface area contributed by atoms with Gasteiger partial charge < -0.3 is 0 Å². The highest BCUT2D eigenvalue weighted by Gasteiger charge is 2.27. The van der Waals surface area contributed by atoms with E-state index in [1.807, 2.05) is 6.92 Å². The Hall–Kier alpha value is -1.48. The first kappa shape index (κ1) is 15.4. The van der Waals surface area contributed by atoms with E-state index in [4.69, 9.17) is 11.6 Å². The number of nitrogens with one attached hydrogen (secondary N) is 1. The number of halogens is 1. The number of hydrogen-bond acceptors (Lipinski definition) is 5. The van der Waals surface area contributed by atoms with Crippen molar-refractivity contribution in [2.75, 3.05) is 0 Å². The van der Waals surface area contributed by atoms with E-state index < -0.39 is 16.1 Å². The second-order valence-electron chi connectivity index (χ2n) is 4.79. The van der Waals surface area contributed by atoms with Crippen molar-refractivity contribution in [1.29, 1.82) is 0 Å². The van der Waals surface area contributed by atoms with E-state index in [1.54, 1.807) is 37.5 Å². The number of pyridine rings is 1. The Bertz CT molecular complexity index is 933. The molecular formula is C13H13ClN4O2S2. The molecule has 6 nitrogen and oxygen atoms in total. The van der Waals surface area contributed by atoms with Crippen LogP contribution in [0.2, 0.25) is 5.15 Å². The zero-order valence-corrected chi connectivity index (χ0v) is 14.2. The molecule has 0 aliphatic rings. The lowest BCUT2D eigenvalue weighted by Gasteiger charge is -2.11. The summed E-state index contributed by atoms with van der Waals surface area (Å²) < 4.78 is 29.3. The highest BCUT2D eigenvalue weighted by molar-refractivity contribution is 7.89. The van der Waals surface area contributed by atoms with Gasteiger partial charge >= 0.3 is 0 Å². The molecule has 1 N–H and O–H groups in total. The molecule has 9 heteroatoms. The fraction of sp³-hybridized carbons (Fsp3) is 0.231. The van der Waals surface area contributed by atoms with Gasteiger partial charge in [0.2, 0.25) is 0 Å². The Balaban J connectivity index is 2.00. The van der Waals surface area contributed by atoms with Crippen LogP contribution >= 0.6 is 22.9 Å². The third-order valence-electron chi connectivity index (χ3n) is 3.04. The topological polar surface area (TPSA) is 76.4 Å². The molecule has 3 heterocycles. The summed E-state index contributed by atoms with van der Waals surface area (Å²) in [7, 11) is -3.83. The van der Waals surface area contributed by atoms with Gasteiger partial charge in [-0.05, 0) is 26.0 Å². The van der Waals surface area contributed by atoms with Crippen molar-refractivity contribution in [2.45, 2.75) is 24.9 Å². The zero-order valence-electron chi connectivity index (χ0n) is 11.8. The first-order chi connectivity index (χ1) is 10.4. The number of hydrogen-bond donors (Lipinski definition) is 1. The third-order valence-corrected chi connectivity index (χ3v) is 6.08. The van der Waals surface area contributed by atoms with Crippen LogP contribution in [0.25, 0.3) is 5.65 Å². The lowest BCUT2D eigenvalue weighted by molar-refractivity contribution is 0.561. The Labute approximate surface area is 136 Å². The van der Waals surface area contributed by atoms with Gasteiger partial charge in [-0.1, -0.05) is 17.7 Å². The van der Waals surface area contributed by atoms with Crippen molar-refractivity contribution >= 4 is 38.6 Å². The Morgan fingerprint density at radius 2 is 2.18 bits per heavy atom. The van der Waals surface area contributed by atoms with Crippen molar-refractivity contribution in [2.24, 2.45) is 0 Å². The predicted molar refractivity (Wildman–Crippen MR) is 85.8 cm³/mol. The molecule has 3 aromatic rings. The van der Waals surface area contributed by atoms with Gasteiger partial charge in [-0.2, -0.15) is 0 Å². The SMILES string of the molecule is Cc1cnc([C@H](C)NS(=O)(=O)c2c(Cl)nc3ccccn23)s1. The second-order valence-corrected chi connectivity index (χ2v) is 8.04. The summed E-state index contributed by atoms with van der Waals surface area (Å²) in [6.07, 6.45) is 3.33. The van der Waals surface area contributed by atoms with Crippen molar-refractivity contribution in [3.8, 4) is 0 Å². The molecule has 1 atom stereocenters. The van der Waals surface area contributed by atoms with Gasteiger partial charge in [-0.15, -0.1) is 11.3 Å². The lowest BCUT2D eigenvalue weighted by atomic mass is 10.4.